The Labute approximate surface area is 170 Å². The highest BCUT2D eigenvalue weighted by molar-refractivity contribution is 7.09. The molecular formula is C20H30N4O3S. The first kappa shape index (κ1) is 19.8. The van der Waals surface area contributed by atoms with E-state index in [-0.39, 0.29) is 41.8 Å². The molecule has 3 fully saturated rings. The predicted molar refractivity (Wildman–Crippen MR) is 107 cm³/mol. The van der Waals surface area contributed by atoms with E-state index in [0.29, 0.717) is 25.5 Å². The second-order valence-corrected chi connectivity index (χ2v) is 9.58. The second-order valence-electron chi connectivity index (χ2n) is 8.60. The van der Waals surface area contributed by atoms with Gasteiger partial charge in [0.05, 0.1) is 25.7 Å². The average Bonchev–Trinajstić information content (AvgIpc) is 3.03. The maximum absolute atomic E-state index is 12.5. The minimum Gasteiger partial charge on any atom is -0.376 e. The quantitative estimate of drug-likeness (QED) is 0.684. The Bertz CT molecular complexity index is 692. The van der Waals surface area contributed by atoms with Crippen LogP contribution in [0.4, 0.5) is 0 Å². The summed E-state index contributed by atoms with van der Waals surface area (Å²) in [5.74, 6) is 0.589. The van der Waals surface area contributed by atoms with Gasteiger partial charge in [-0.2, -0.15) is 0 Å². The highest BCUT2D eigenvalue weighted by Gasteiger charge is 2.51. The smallest absolute Gasteiger partial charge is 0.222 e. The predicted octanol–water partition coefficient (Wildman–Crippen LogP) is 1.54. The monoisotopic (exact) mass is 406 g/mol. The lowest BCUT2D eigenvalue weighted by Gasteiger charge is -2.23. The number of aromatic nitrogens is 1. The van der Waals surface area contributed by atoms with E-state index in [2.05, 4.69) is 20.5 Å². The van der Waals surface area contributed by atoms with Gasteiger partial charge in [-0.05, 0) is 32.6 Å². The van der Waals surface area contributed by atoms with Gasteiger partial charge in [0, 0.05) is 48.6 Å². The third-order valence-electron chi connectivity index (χ3n) is 5.89. The minimum atomic E-state index is -0.122. The van der Waals surface area contributed by atoms with E-state index in [4.69, 9.17) is 4.74 Å². The van der Waals surface area contributed by atoms with Gasteiger partial charge in [0.1, 0.15) is 5.01 Å². The van der Waals surface area contributed by atoms with E-state index < -0.39 is 0 Å². The summed E-state index contributed by atoms with van der Waals surface area (Å²) >= 11 is 1.66. The fourth-order valence-electron chi connectivity index (χ4n) is 4.62. The summed E-state index contributed by atoms with van der Waals surface area (Å²) in [6.45, 7) is 6.20. The Morgan fingerprint density at radius 1 is 1.32 bits per heavy atom. The molecule has 1 aliphatic carbocycles. The summed E-state index contributed by atoms with van der Waals surface area (Å²) in [5.41, 5.74) is 0. The zero-order valence-corrected chi connectivity index (χ0v) is 17.4. The largest absolute Gasteiger partial charge is 0.376 e. The average molecular weight is 407 g/mol. The Morgan fingerprint density at radius 3 is 2.82 bits per heavy atom. The third-order valence-corrected chi connectivity index (χ3v) is 6.65. The van der Waals surface area contributed by atoms with Crippen LogP contribution in [0, 0.1) is 11.8 Å². The Balaban J connectivity index is 1.44. The lowest BCUT2D eigenvalue weighted by Crippen LogP contribution is -2.37. The van der Waals surface area contributed by atoms with Crippen molar-refractivity contribution in [1.29, 1.82) is 0 Å². The van der Waals surface area contributed by atoms with Crippen molar-refractivity contribution in [3.05, 3.63) is 16.6 Å². The molecule has 0 aromatic carbocycles. The van der Waals surface area contributed by atoms with Crippen LogP contribution in [0.15, 0.2) is 11.6 Å². The molecule has 2 saturated heterocycles. The van der Waals surface area contributed by atoms with Crippen LogP contribution in [0.5, 0.6) is 0 Å². The van der Waals surface area contributed by atoms with Crippen molar-refractivity contribution in [1.82, 2.24) is 20.5 Å². The number of thiazole rings is 1. The molecule has 0 spiro atoms. The van der Waals surface area contributed by atoms with Gasteiger partial charge in [0.25, 0.3) is 0 Å². The summed E-state index contributed by atoms with van der Waals surface area (Å²) < 4.78 is 6.08. The second kappa shape index (κ2) is 8.47. The maximum Gasteiger partial charge on any atom is 0.222 e. The molecule has 3 aliphatic rings. The molecule has 2 aliphatic heterocycles. The fourth-order valence-corrected chi connectivity index (χ4v) is 5.26. The van der Waals surface area contributed by atoms with Crippen molar-refractivity contribution in [2.45, 2.75) is 70.3 Å². The summed E-state index contributed by atoms with van der Waals surface area (Å²) in [6.07, 6.45) is 4.78. The van der Waals surface area contributed by atoms with E-state index in [9.17, 15) is 9.59 Å². The number of ether oxygens (including phenoxy) is 1. The summed E-state index contributed by atoms with van der Waals surface area (Å²) in [5, 5.41) is 9.16. The first-order valence-electron chi connectivity index (χ1n) is 10.3. The van der Waals surface area contributed by atoms with Crippen LogP contribution in [0.2, 0.25) is 0 Å². The van der Waals surface area contributed by atoms with E-state index in [1.165, 1.54) is 0 Å². The third kappa shape index (κ3) is 4.72. The Morgan fingerprint density at radius 2 is 2.14 bits per heavy atom. The molecule has 4 rings (SSSR count). The topological polar surface area (TPSA) is 83.6 Å². The zero-order valence-electron chi connectivity index (χ0n) is 16.6. The van der Waals surface area contributed by atoms with Crippen LogP contribution in [-0.4, -0.2) is 59.1 Å². The lowest BCUT2D eigenvalue weighted by atomic mass is 9.84. The molecule has 28 heavy (non-hydrogen) atoms. The zero-order chi connectivity index (χ0) is 19.7. The molecule has 8 heteroatoms. The van der Waals surface area contributed by atoms with Crippen molar-refractivity contribution in [2.75, 3.05) is 13.2 Å². The molecule has 154 valence electrons. The Hall–Kier alpha value is -1.51. The van der Waals surface area contributed by atoms with Gasteiger partial charge in [0.2, 0.25) is 11.8 Å². The SMILES string of the molecule is CC(C)NC(=O)C[C@@H]1OC[C@@H]2[C@H]1[C@H](CC(=O)NC1CC1)CN2Cc1nccs1. The van der Waals surface area contributed by atoms with Gasteiger partial charge in [-0.25, -0.2) is 4.98 Å². The summed E-state index contributed by atoms with van der Waals surface area (Å²) in [4.78, 5) is 31.6. The highest BCUT2D eigenvalue weighted by Crippen LogP contribution is 2.42. The van der Waals surface area contributed by atoms with Gasteiger partial charge in [-0.3, -0.25) is 14.5 Å². The van der Waals surface area contributed by atoms with E-state index >= 15 is 0 Å². The molecule has 1 saturated carbocycles. The number of amides is 2. The molecule has 0 unspecified atom stereocenters. The number of likely N-dealkylation sites (tertiary alicyclic amines) is 1. The normalized spacial score (nSPS) is 29.8. The fraction of sp³-hybridized carbons (Fsp3) is 0.750. The Kier molecular flexibility index (Phi) is 5.99. The van der Waals surface area contributed by atoms with Crippen LogP contribution in [-0.2, 0) is 20.9 Å². The van der Waals surface area contributed by atoms with Crippen LogP contribution < -0.4 is 10.6 Å². The van der Waals surface area contributed by atoms with Crippen molar-refractivity contribution in [3.63, 3.8) is 0 Å². The van der Waals surface area contributed by atoms with Crippen molar-refractivity contribution < 1.29 is 14.3 Å². The number of nitrogens with zero attached hydrogens (tertiary/aromatic N) is 2. The molecule has 3 heterocycles. The van der Waals surface area contributed by atoms with Gasteiger partial charge in [-0.1, -0.05) is 0 Å². The van der Waals surface area contributed by atoms with Crippen molar-refractivity contribution in [2.24, 2.45) is 11.8 Å². The van der Waals surface area contributed by atoms with Crippen LogP contribution in [0.25, 0.3) is 0 Å². The van der Waals surface area contributed by atoms with Crippen molar-refractivity contribution in [3.8, 4) is 0 Å². The number of carbonyl (C=O) groups is 2. The van der Waals surface area contributed by atoms with Crippen molar-refractivity contribution >= 4 is 23.2 Å². The molecule has 1 aromatic rings. The van der Waals surface area contributed by atoms with Crippen LogP contribution in [0.1, 0.15) is 44.5 Å². The highest BCUT2D eigenvalue weighted by atomic mass is 32.1. The van der Waals surface area contributed by atoms with E-state index in [1.54, 1.807) is 11.3 Å². The number of fused-ring (bicyclic) bond motifs is 1. The molecule has 0 bridgehead atoms. The molecule has 2 N–H and O–H groups in total. The number of nitrogens with one attached hydrogen (secondary N) is 2. The molecule has 1 aromatic heterocycles. The molecule has 7 nitrogen and oxygen atoms in total. The lowest BCUT2D eigenvalue weighted by molar-refractivity contribution is -0.124. The van der Waals surface area contributed by atoms with Gasteiger partial charge >= 0.3 is 0 Å². The number of hydrogen-bond acceptors (Lipinski definition) is 6. The summed E-state index contributed by atoms with van der Waals surface area (Å²) in [6, 6.07) is 0.748. The standard InChI is InChI=1S/C20H30N4O3S/c1-12(2)22-18(26)8-16-20-13(7-17(25)23-14-3-4-14)9-24(15(20)11-27-16)10-19-21-5-6-28-19/h5-6,12-16,20H,3-4,7-11H2,1-2H3,(H,22,26)(H,23,25)/t13-,15-,16+,20-/m1/s1. The van der Waals surface area contributed by atoms with Crippen LogP contribution in [0.3, 0.4) is 0 Å². The molecular weight excluding hydrogens is 376 g/mol. The molecule has 4 atom stereocenters. The van der Waals surface area contributed by atoms with E-state index in [1.807, 2.05) is 25.4 Å². The number of hydrogen-bond donors (Lipinski definition) is 2. The summed E-state index contributed by atoms with van der Waals surface area (Å²) in [7, 11) is 0. The molecule has 0 radical (unpaired) electrons. The number of carbonyl (C=O) groups excluding carboxylic acids is 2. The first-order chi connectivity index (χ1) is 13.5. The van der Waals surface area contributed by atoms with E-state index in [0.717, 1.165) is 30.9 Å². The minimum absolute atomic E-state index is 0.0280. The van der Waals surface area contributed by atoms with Gasteiger partial charge < -0.3 is 15.4 Å². The van der Waals surface area contributed by atoms with Crippen LogP contribution >= 0.6 is 11.3 Å². The maximum atomic E-state index is 12.5. The number of rotatable bonds is 8. The first-order valence-corrected chi connectivity index (χ1v) is 11.2. The molecule has 2 amide bonds. The van der Waals surface area contributed by atoms with Gasteiger partial charge in [0.15, 0.2) is 0 Å². The van der Waals surface area contributed by atoms with Gasteiger partial charge in [-0.15, -0.1) is 11.3 Å².